The highest BCUT2D eigenvalue weighted by atomic mass is 15.3. The maximum Gasteiger partial charge on any atom is 0.0195 e. The van der Waals surface area contributed by atoms with Gasteiger partial charge < -0.3 is 10.2 Å². The Hall–Kier alpha value is -0.120. The topological polar surface area (TPSA) is 18.5 Å². The Balaban J connectivity index is 1.84. The molecular formula is C16H33N3. The second-order valence-corrected chi connectivity index (χ2v) is 6.96. The first-order valence-electron chi connectivity index (χ1n) is 8.19. The van der Waals surface area contributed by atoms with Crippen LogP contribution in [0.15, 0.2) is 0 Å². The second-order valence-electron chi connectivity index (χ2n) is 6.96. The quantitative estimate of drug-likeness (QED) is 0.843. The lowest BCUT2D eigenvalue weighted by Crippen LogP contribution is -2.56. The van der Waals surface area contributed by atoms with Gasteiger partial charge in [-0.1, -0.05) is 19.3 Å². The number of rotatable bonds is 4. The van der Waals surface area contributed by atoms with Crippen LogP contribution in [0.3, 0.4) is 0 Å². The molecule has 2 atom stereocenters. The Kier molecular flexibility index (Phi) is 5.27. The summed E-state index contributed by atoms with van der Waals surface area (Å²) in [6.07, 6.45) is 8.34. The van der Waals surface area contributed by atoms with E-state index < -0.39 is 0 Å². The molecule has 3 heteroatoms. The van der Waals surface area contributed by atoms with Crippen molar-refractivity contribution in [2.45, 2.75) is 70.0 Å². The van der Waals surface area contributed by atoms with Crippen molar-refractivity contribution in [3.8, 4) is 0 Å². The molecule has 1 aliphatic heterocycles. The van der Waals surface area contributed by atoms with Crippen LogP contribution in [0.2, 0.25) is 0 Å². The molecule has 2 aliphatic rings. The number of nitrogens with one attached hydrogen (secondary N) is 1. The molecule has 0 aromatic heterocycles. The molecule has 2 unspecified atom stereocenters. The Bertz CT molecular complexity index is 261. The van der Waals surface area contributed by atoms with Crippen molar-refractivity contribution in [1.29, 1.82) is 0 Å². The fraction of sp³-hybridized carbons (Fsp3) is 1.00. The SMILES string of the molecule is CNC1(CCN2CC(C)N(C)C(C)C2)CCCCC1. The first-order chi connectivity index (χ1) is 9.06. The van der Waals surface area contributed by atoms with E-state index in [1.807, 2.05) is 0 Å². The molecule has 1 aliphatic carbocycles. The lowest BCUT2D eigenvalue weighted by Gasteiger charge is -2.44. The third kappa shape index (κ3) is 3.71. The van der Waals surface area contributed by atoms with Crippen molar-refractivity contribution in [3.63, 3.8) is 0 Å². The number of likely N-dealkylation sites (N-methyl/N-ethyl adjacent to an activating group) is 1. The van der Waals surface area contributed by atoms with Crippen molar-refractivity contribution in [1.82, 2.24) is 15.1 Å². The molecule has 0 radical (unpaired) electrons. The molecule has 3 nitrogen and oxygen atoms in total. The van der Waals surface area contributed by atoms with Gasteiger partial charge in [-0.15, -0.1) is 0 Å². The van der Waals surface area contributed by atoms with E-state index in [0.29, 0.717) is 17.6 Å². The van der Waals surface area contributed by atoms with Crippen LogP contribution in [-0.4, -0.2) is 61.2 Å². The van der Waals surface area contributed by atoms with Gasteiger partial charge in [0.05, 0.1) is 0 Å². The molecule has 0 spiro atoms. The summed E-state index contributed by atoms with van der Waals surface area (Å²) in [5.41, 5.74) is 0.439. The van der Waals surface area contributed by atoms with Crippen LogP contribution in [0.1, 0.15) is 52.4 Å². The molecular weight excluding hydrogens is 234 g/mol. The molecule has 1 saturated heterocycles. The van der Waals surface area contributed by atoms with E-state index in [4.69, 9.17) is 0 Å². The first kappa shape index (κ1) is 15.3. The number of nitrogens with zero attached hydrogens (tertiary/aromatic N) is 2. The third-order valence-electron chi connectivity index (χ3n) is 5.68. The summed E-state index contributed by atoms with van der Waals surface area (Å²) in [7, 11) is 4.43. The molecule has 0 aromatic carbocycles. The van der Waals surface area contributed by atoms with Crippen molar-refractivity contribution in [2.24, 2.45) is 0 Å². The van der Waals surface area contributed by atoms with Crippen LogP contribution in [0.5, 0.6) is 0 Å². The van der Waals surface area contributed by atoms with E-state index in [-0.39, 0.29) is 0 Å². The van der Waals surface area contributed by atoms with Gasteiger partial charge in [0.25, 0.3) is 0 Å². The van der Waals surface area contributed by atoms with Crippen LogP contribution < -0.4 is 5.32 Å². The average molecular weight is 267 g/mol. The van der Waals surface area contributed by atoms with Gasteiger partial charge in [-0.05, 0) is 47.2 Å². The zero-order chi connectivity index (χ0) is 13.9. The minimum Gasteiger partial charge on any atom is -0.314 e. The Labute approximate surface area is 119 Å². The van der Waals surface area contributed by atoms with Crippen LogP contribution in [0.25, 0.3) is 0 Å². The lowest BCUT2D eigenvalue weighted by molar-refractivity contribution is 0.0516. The van der Waals surface area contributed by atoms with Crippen LogP contribution >= 0.6 is 0 Å². The van der Waals surface area contributed by atoms with Crippen molar-refractivity contribution < 1.29 is 0 Å². The maximum atomic E-state index is 3.65. The minimum absolute atomic E-state index is 0.439. The van der Waals surface area contributed by atoms with E-state index >= 15 is 0 Å². The molecule has 1 heterocycles. The van der Waals surface area contributed by atoms with Crippen molar-refractivity contribution in [3.05, 3.63) is 0 Å². The summed E-state index contributed by atoms with van der Waals surface area (Å²) in [5.74, 6) is 0. The molecule has 112 valence electrons. The Morgan fingerprint density at radius 3 is 2.16 bits per heavy atom. The summed E-state index contributed by atoms with van der Waals surface area (Å²) in [4.78, 5) is 5.20. The van der Waals surface area contributed by atoms with Crippen LogP contribution in [-0.2, 0) is 0 Å². The first-order valence-corrected chi connectivity index (χ1v) is 8.19. The van der Waals surface area contributed by atoms with Crippen LogP contribution in [0.4, 0.5) is 0 Å². The summed E-state index contributed by atoms with van der Waals surface area (Å²) in [6, 6.07) is 1.39. The predicted octanol–water partition coefficient (Wildman–Crippen LogP) is 2.32. The van der Waals surface area contributed by atoms with E-state index in [1.165, 1.54) is 58.2 Å². The molecule has 2 rings (SSSR count). The van der Waals surface area contributed by atoms with Gasteiger partial charge in [0.15, 0.2) is 0 Å². The molecule has 0 bridgehead atoms. The monoisotopic (exact) mass is 267 g/mol. The van der Waals surface area contributed by atoms with Crippen LogP contribution in [0, 0.1) is 0 Å². The average Bonchev–Trinajstić information content (AvgIpc) is 2.43. The second kappa shape index (κ2) is 6.55. The summed E-state index contributed by atoms with van der Waals surface area (Å²) in [5, 5.41) is 3.65. The smallest absolute Gasteiger partial charge is 0.0195 e. The number of hydrogen-bond acceptors (Lipinski definition) is 3. The largest absolute Gasteiger partial charge is 0.314 e. The van der Waals surface area contributed by atoms with Gasteiger partial charge in [-0.3, -0.25) is 4.90 Å². The summed E-state index contributed by atoms with van der Waals surface area (Å²) < 4.78 is 0. The fourth-order valence-corrected chi connectivity index (χ4v) is 3.92. The number of hydrogen-bond donors (Lipinski definition) is 1. The molecule has 1 saturated carbocycles. The normalized spacial score (nSPS) is 33.5. The van der Waals surface area contributed by atoms with Gasteiger partial charge in [-0.25, -0.2) is 0 Å². The molecule has 2 fully saturated rings. The minimum atomic E-state index is 0.439. The zero-order valence-electron chi connectivity index (χ0n) is 13.4. The highest BCUT2D eigenvalue weighted by Crippen LogP contribution is 2.31. The van der Waals surface area contributed by atoms with Gasteiger partial charge in [0, 0.05) is 37.3 Å². The lowest BCUT2D eigenvalue weighted by atomic mass is 9.79. The van der Waals surface area contributed by atoms with E-state index in [2.05, 4.69) is 43.1 Å². The van der Waals surface area contributed by atoms with E-state index in [0.717, 1.165) is 0 Å². The standard InChI is InChI=1S/C16H33N3/c1-14-12-19(13-15(2)18(14)4)11-10-16(17-3)8-6-5-7-9-16/h14-15,17H,5-13H2,1-4H3. The maximum absolute atomic E-state index is 3.65. The molecule has 0 amide bonds. The summed E-state index contributed by atoms with van der Waals surface area (Å²) >= 11 is 0. The molecule has 0 aromatic rings. The molecule has 1 N–H and O–H groups in total. The van der Waals surface area contributed by atoms with Gasteiger partial charge in [0.1, 0.15) is 0 Å². The van der Waals surface area contributed by atoms with E-state index in [9.17, 15) is 0 Å². The van der Waals surface area contributed by atoms with Gasteiger partial charge in [0.2, 0.25) is 0 Å². The fourth-order valence-electron chi connectivity index (χ4n) is 3.92. The van der Waals surface area contributed by atoms with Crippen molar-refractivity contribution in [2.75, 3.05) is 33.7 Å². The van der Waals surface area contributed by atoms with E-state index in [1.54, 1.807) is 0 Å². The third-order valence-corrected chi connectivity index (χ3v) is 5.68. The number of piperazine rings is 1. The van der Waals surface area contributed by atoms with Gasteiger partial charge in [-0.2, -0.15) is 0 Å². The predicted molar refractivity (Wildman–Crippen MR) is 82.6 cm³/mol. The summed E-state index contributed by atoms with van der Waals surface area (Å²) in [6.45, 7) is 8.46. The highest BCUT2D eigenvalue weighted by Gasteiger charge is 2.32. The molecule has 19 heavy (non-hydrogen) atoms. The zero-order valence-corrected chi connectivity index (χ0v) is 13.4. The Morgan fingerprint density at radius 1 is 1.05 bits per heavy atom. The highest BCUT2D eigenvalue weighted by molar-refractivity contribution is 4.91. The van der Waals surface area contributed by atoms with Gasteiger partial charge >= 0.3 is 0 Å². The van der Waals surface area contributed by atoms with Crippen molar-refractivity contribution >= 4 is 0 Å². The Morgan fingerprint density at radius 2 is 1.63 bits per heavy atom.